The van der Waals surface area contributed by atoms with Gasteiger partial charge in [-0.3, -0.25) is 4.68 Å². The molecule has 0 bridgehead atoms. The van der Waals surface area contributed by atoms with E-state index in [9.17, 15) is 0 Å². The Hall–Kier alpha value is -1.29. The summed E-state index contributed by atoms with van der Waals surface area (Å²) in [5, 5.41) is 7.66. The van der Waals surface area contributed by atoms with Crippen LogP contribution in [0.15, 0.2) is 35.1 Å². The van der Waals surface area contributed by atoms with Crippen molar-refractivity contribution in [3.05, 3.63) is 46.2 Å². The highest BCUT2D eigenvalue weighted by Gasteiger charge is 2.02. The predicted octanol–water partition coefficient (Wildman–Crippen LogP) is 3.40. The summed E-state index contributed by atoms with van der Waals surface area (Å²) in [6.07, 6.45) is 6.01. The monoisotopic (exact) mass is 307 g/mol. The zero-order valence-electron chi connectivity index (χ0n) is 10.8. The van der Waals surface area contributed by atoms with Crippen LogP contribution >= 0.6 is 15.9 Å². The van der Waals surface area contributed by atoms with E-state index in [4.69, 9.17) is 0 Å². The molecule has 4 heteroatoms. The van der Waals surface area contributed by atoms with Gasteiger partial charge in [0.15, 0.2) is 0 Å². The molecule has 1 aromatic heterocycles. The van der Waals surface area contributed by atoms with Crippen LogP contribution in [0.5, 0.6) is 0 Å². The number of nitrogens with one attached hydrogen (secondary N) is 1. The maximum absolute atomic E-state index is 4.17. The van der Waals surface area contributed by atoms with E-state index in [2.05, 4.69) is 57.7 Å². The lowest BCUT2D eigenvalue weighted by atomic mass is 10.1. The van der Waals surface area contributed by atoms with E-state index in [-0.39, 0.29) is 0 Å². The van der Waals surface area contributed by atoms with Crippen molar-refractivity contribution in [3.8, 4) is 0 Å². The number of anilines is 1. The van der Waals surface area contributed by atoms with Crippen molar-refractivity contribution < 1.29 is 0 Å². The van der Waals surface area contributed by atoms with Gasteiger partial charge in [0.25, 0.3) is 0 Å². The largest absolute Gasteiger partial charge is 0.384 e. The average Bonchev–Trinajstić information content (AvgIpc) is 2.77. The topological polar surface area (TPSA) is 29.9 Å². The second-order valence-electron chi connectivity index (χ2n) is 4.35. The van der Waals surface area contributed by atoms with E-state index in [1.165, 1.54) is 16.8 Å². The van der Waals surface area contributed by atoms with Crippen LogP contribution in [0.3, 0.4) is 0 Å². The molecule has 0 radical (unpaired) electrons. The Morgan fingerprint density at radius 2 is 2.22 bits per heavy atom. The van der Waals surface area contributed by atoms with Crippen LogP contribution in [0.1, 0.15) is 18.1 Å². The molecule has 0 spiro atoms. The standard InChI is InChI=1S/C14H18BrN3/c1-3-12-8-13(15)4-5-14(12)16-7-6-11-9-17-18(2)10-11/h4-5,8-10,16H,3,6-7H2,1-2H3. The molecule has 0 saturated heterocycles. The average molecular weight is 308 g/mol. The Labute approximate surface area is 116 Å². The van der Waals surface area contributed by atoms with Gasteiger partial charge >= 0.3 is 0 Å². The fourth-order valence-corrected chi connectivity index (χ4v) is 2.38. The fraction of sp³-hybridized carbons (Fsp3) is 0.357. The Morgan fingerprint density at radius 3 is 2.89 bits per heavy atom. The lowest BCUT2D eigenvalue weighted by Crippen LogP contribution is -2.06. The predicted molar refractivity (Wildman–Crippen MR) is 78.9 cm³/mol. The number of nitrogens with zero attached hydrogens (tertiary/aromatic N) is 2. The number of halogens is 1. The van der Waals surface area contributed by atoms with Crippen molar-refractivity contribution in [2.24, 2.45) is 7.05 Å². The van der Waals surface area contributed by atoms with Crippen LogP contribution in [-0.4, -0.2) is 16.3 Å². The van der Waals surface area contributed by atoms with E-state index in [0.717, 1.165) is 23.9 Å². The zero-order chi connectivity index (χ0) is 13.0. The summed E-state index contributed by atoms with van der Waals surface area (Å²) in [6, 6.07) is 6.38. The van der Waals surface area contributed by atoms with E-state index in [1.54, 1.807) is 0 Å². The molecule has 3 nitrogen and oxygen atoms in total. The summed E-state index contributed by atoms with van der Waals surface area (Å²) in [6.45, 7) is 3.11. The van der Waals surface area contributed by atoms with Gasteiger partial charge in [0.1, 0.15) is 0 Å². The van der Waals surface area contributed by atoms with E-state index in [1.807, 2.05) is 17.9 Å². The maximum Gasteiger partial charge on any atom is 0.0522 e. The van der Waals surface area contributed by atoms with E-state index in [0.29, 0.717) is 0 Å². The first-order valence-electron chi connectivity index (χ1n) is 6.19. The van der Waals surface area contributed by atoms with Crippen LogP contribution in [0.25, 0.3) is 0 Å². The first-order valence-corrected chi connectivity index (χ1v) is 6.98. The van der Waals surface area contributed by atoms with Gasteiger partial charge in [0.2, 0.25) is 0 Å². The molecule has 1 N–H and O–H groups in total. The third kappa shape index (κ3) is 3.35. The maximum atomic E-state index is 4.17. The molecule has 0 aliphatic rings. The molecule has 96 valence electrons. The number of aromatic nitrogens is 2. The molecule has 0 amide bonds. The molecule has 0 saturated carbocycles. The summed E-state index contributed by atoms with van der Waals surface area (Å²) in [7, 11) is 1.95. The fourth-order valence-electron chi connectivity index (χ4n) is 1.97. The van der Waals surface area contributed by atoms with Crippen molar-refractivity contribution in [2.75, 3.05) is 11.9 Å². The first kappa shape index (κ1) is 13.1. The number of rotatable bonds is 5. The van der Waals surface area contributed by atoms with Crippen molar-refractivity contribution in [2.45, 2.75) is 19.8 Å². The molecular formula is C14H18BrN3. The molecule has 0 aliphatic heterocycles. The van der Waals surface area contributed by atoms with Gasteiger partial charge < -0.3 is 5.32 Å². The third-order valence-electron chi connectivity index (χ3n) is 2.94. The van der Waals surface area contributed by atoms with E-state index < -0.39 is 0 Å². The van der Waals surface area contributed by atoms with Crippen LogP contribution in [0.4, 0.5) is 5.69 Å². The van der Waals surface area contributed by atoms with Crippen molar-refractivity contribution in [1.82, 2.24) is 9.78 Å². The molecule has 0 fully saturated rings. The lowest BCUT2D eigenvalue weighted by molar-refractivity contribution is 0.767. The molecule has 0 aliphatic carbocycles. The van der Waals surface area contributed by atoms with Crippen LogP contribution in [0.2, 0.25) is 0 Å². The van der Waals surface area contributed by atoms with Gasteiger partial charge in [-0.25, -0.2) is 0 Å². The smallest absolute Gasteiger partial charge is 0.0522 e. The molecule has 1 heterocycles. The van der Waals surface area contributed by atoms with Crippen molar-refractivity contribution >= 4 is 21.6 Å². The number of benzene rings is 1. The number of hydrogen-bond acceptors (Lipinski definition) is 2. The van der Waals surface area contributed by atoms with E-state index >= 15 is 0 Å². The molecule has 2 rings (SSSR count). The molecular weight excluding hydrogens is 290 g/mol. The van der Waals surface area contributed by atoms with Crippen LogP contribution in [-0.2, 0) is 19.9 Å². The Balaban J connectivity index is 1.94. The lowest BCUT2D eigenvalue weighted by Gasteiger charge is -2.10. The molecule has 0 atom stereocenters. The number of aryl methyl sites for hydroxylation is 2. The first-order chi connectivity index (χ1) is 8.69. The molecule has 18 heavy (non-hydrogen) atoms. The van der Waals surface area contributed by atoms with Crippen molar-refractivity contribution in [1.29, 1.82) is 0 Å². The van der Waals surface area contributed by atoms with Gasteiger partial charge in [0.05, 0.1) is 6.20 Å². The van der Waals surface area contributed by atoms with Crippen LogP contribution in [0, 0.1) is 0 Å². The highest BCUT2D eigenvalue weighted by molar-refractivity contribution is 9.10. The summed E-state index contributed by atoms with van der Waals surface area (Å²) in [4.78, 5) is 0. The Kier molecular flexibility index (Phi) is 4.42. The Bertz CT molecular complexity index is 520. The molecule has 2 aromatic rings. The zero-order valence-corrected chi connectivity index (χ0v) is 12.4. The van der Waals surface area contributed by atoms with Gasteiger partial charge in [0, 0.05) is 29.9 Å². The summed E-state index contributed by atoms with van der Waals surface area (Å²) >= 11 is 3.51. The minimum atomic E-state index is 0.931. The second-order valence-corrected chi connectivity index (χ2v) is 5.27. The summed E-state index contributed by atoms with van der Waals surface area (Å²) < 4.78 is 2.98. The normalized spacial score (nSPS) is 10.6. The number of hydrogen-bond donors (Lipinski definition) is 1. The summed E-state index contributed by atoms with van der Waals surface area (Å²) in [5.41, 5.74) is 3.83. The molecule has 1 aromatic carbocycles. The highest BCUT2D eigenvalue weighted by atomic mass is 79.9. The SMILES string of the molecule is CCc1cc(Br)ccc1NCCc1cnn(C)c1. The van der Waals surface area contributed by atoms with Gasteiger partial charge in [-0.2, -0.15) is 5.10 Å². The minimum Gasteiger partial charge on any atom is -0.384 e. The van der Waals surface area contributed by atoms with Gasteiger partial charge in [-0.1, -0.05) is 22.9 Å². The van der Waals surface area contributed by atoms with Gasteiger partial charge in [-0.05, 0) is 42.2 Å². The van der Waals surface area contributed by atoms with Crippen molar-refractivity contribution in [3.63, 3.8) is 0 Å². The third-order valence-corrected chi connectivity index (χ3v) is 3.43. The molecule has 0 unspecified atom stereocenters. The van der Waals surface area contributed by atoms with Crippen LogP contribution < -0.4 is 5.32 Å². The van der Waals surface area contributed by atoms with Gasteiger partial charge in [-0.15, -0.1) is 0 Å². The summed E-state index contributed by atoms with van der Waals surface area (Å²) in [5.74, 6) is 0. The second kappa shape index (κ2) is 6.05. The Morgan fingerprint density at radius 1 is 1.39 bits per heavy atom. The minimum absolute atomic E-state index is 0.931. The quantitative estimate of drug-likeness (QED) is 0.917. The highest BCUT2D eigenvalue weighted by Crippen LogP contribution is 2.21.